The maximum Gasteiger partial charge on any atom is 0.297 e. The van der Waals surface area contributed by atoms with E-state index >= 15 is 0 Å². The highest BCUT2D eigenvalue weighted by Crippen LogP contribution is 2.31. The molecule has 1 aromatic heterocycles. The second kappa shape index (κ2) is 5.86. The summed E-state index contributed by atoms with van der Waals surface area (Å²) in [5, 5.41) is 0. The van der Waals surface area contributed by atoms with Crippen LogP contribution < -0.4 is 20.8 Å². The average Bonchev–Trinajstić information content (AvgIpc) is 2.83. The molecule has 6 heteroatoms. The van der Waals surface area contributed by atoms with Crippen molar-refractivity contribution in [3.8, 4) is 11.6 Å². The van der Waals surface area contributed by atoms with Crippen LogP contribution in [0.1, 0.15) is 19.3 Å². The third kappa shape index (κ3) is 2.64. The molecule has 1 fully saturated rings. The van der Waals surface area contributed by atoms with E-state index in [9.17, 15) is 4.79 Å². The first-order valence-electron chi connectivity index (χ1n) is 6.20. The summed E-state index contributed by atoms with van der Waals surface area (Å²) < 4.78 is 10.6. The predicted molar refractivity (Wildman–Crippen MR) is 66.8 cm³/mol. The number of H-pyrrole nitrogens is 1. The van der Waals surface area contributed by atoms with Crippen molar-refractivity contribution in [3.63, 3.8) is 0 Å². The van der Waals surface area contributed by atoms with Gasteiger partial charge >= 0.3 is 0 Å². The molecule has 1 saturated carbocycles. The fraction of sp³-hybridized carbons (Fsp3) is 0.667. The molecule has 6 nitrogen and oxygen atoms in total. The Labute approximate surface area is 106 Å². The maximum absolute atomic E-state index is 11.5. The van der Waals surface area contributed by atoms with Gasteiger partial charge < -0.3 is 20.2 Å². The van der Waals surface area contributed by atoms with Crippen LogP contribution in [0.5, 0.6) is 11.6 Å². The van der Waals surface area contributed by atoms with Gasteiger partial charge in [0.1, 0.15) is 0 Å². The van der Waals surface area contributed by atoms with Crippen molar-refractivity contribution in [3.05, 3.63) is 16.7 Å². The van der Waals surface area contributed by atoms with Gasteiger partial charge in [0.05, 0.1) is 20.0 Å². The molecule has 100 valence electrons. The van der Waals surface area contributed by atoms with E-state index in [1.165, 1.54) is 19.9 Å². The number of nitrogens with zero attached hydrogens (tertiary/aromatic N) is 1. The lowest BCUT2D eigenvalue weighted by Crippen LogP contribution is -2.24. The molecular formula is C12H19N3O3. The summed E-state index contributed by atoms with van der Waals surface area (Å²) in [6.07, 6.45) is 4.78. The third-order valence-electron chi connectivity index (χ3n) is 3.54. The molecule has 0 spiro atoms. The second-order valence-electron chi connectivity index (χ2n) is 4.57. The monoisotopic (exact) mass is 253 g/mol. The Morgan fingerprint density at radius 3 is 3.00 bits per heavy atom. The largest absolute Gasteiger partial charge is 0.487 e. The molecule has 1 aromatic rings. The minimum absolute atomic E-state index is 0.125. The molecule has 18 heavy (non-hydrogen) atoms. The molecule has 0 radical (unpaired) electrons. The lowest BCUT2D eigenvalue weighted by Gasteiger charge is -2.18. The Morgan fingerprint density at radius 2 is 2.28 bits per heavy atom. The van der Waals surface area contributed by atoms with Crippen LogP contribution in [-0.2, 0) is 0 Å². The van der Waals surface area contributed by atoms with Gasteiger partial charge in [0, 0.05) is 0 Å². The van der Waals surface area contributed by atoms with Crippen LogP contribution in [0.25, 0.3) is 0 Å². The highest BCUT2D eigenvalue weighted by Gasteiger charge is 2.27. The van der Waals surface area contributed by atoms with E-state index in [1.807, 2.05) is 0 Å². The minimum atomic E-state index is -0.329. The molecule has 1 heterocycles. The zero-order valence-corrected chi connectivity index (χ0v) is 10.5. The smallest absolute Gasteiger partial charge is 0.297 e. The Balaban J connectivity index is 2.02. The third-order valence-corrected chi connectivity index (χ3v) is 3.54. The van der Waals surface area contributed by atoms with Crippen LogP contribution in [-0.4, -0.2) is 30.2 Å². The van der Waals surface area contributed by atoms with Crippen LogP contribution in [0, 0.1) is 11.8 Å². The van der Waals surface area contributed by atoms with Gasteiger partial charge in [0.25, 0.3) is 11.4 Å². The summed E-state index contributed by atoms with van der Waals surface area (Å²) in [6.45, 7) is 1.22. The summed E-state index contributed by atoms with van der Waals surface area (Å²) in [6, 6.07) is 0. The molecule has 2 rings (SSSR count). The predicted octanol–water partition coefficient (Wildman–Crippen LogP) is 0.532. The highest BCUT2D eigenvalue weighted by molar-refractivity contribution is 5.29. The van der Waals surface area contributed by atoms with Crippen LogP contribution in [0.2, 0.25) is 0 Å². The van der Waals surface area contributed by atoms with E-state index in [1.54, 1.807) is 0 Å². The number of ether oxygens (including phenoxy) is 2. The van der Waals surface area contributed by atoms with Gasteiger partial charge in [0.2, 0.25) is 5.75 Å². The van der Waals surface area contributed by atoms with Crippen LogP contribution >= 0.6 is 0 Å². The molecule has 0 aliphatic heterocycles. The van der Waals surface area contributed by atoms with Crippen LogP contribution in [0.4, 0.5) is 0 Å². The molecule has 2 unspecified atom stereocenters. The number of aromatic amines is 1. The van der Waals surface area contributed by atoms with E-state index < -0.39 is 0 Å². The maximum atomic E-state index is 11.5. The first kappa shape index (κ1) is 12.9. The van der Waals surface area contributed by atoms with Gasteiger partial charge in [-0.15, -0.1) is 0 Å². The summed E-state index contributed by atoms with van der Waals surface area (Å²) in [7, 11) is 1.43. The van der Waals surface area contributed by atoms with Crippen molar-refractivity contribution < 1.29 is 9.47 Å². The molecule has 2 atom stereocenters. The summed E-state index contributed by atoms with van der Waals surface area (Å²) in [5.74, 6) is 1.34. The number of nitrogens with one attached hydrogen (secondary N) is 1. The van der Waals surface area contributed by atoms with Crippen molar-refractivity contribution in [1.82, 2.24) is 9.97 Å². The van der Waals surface area contributed by atoms with Crippen molar-refractivity contribution in [1.29, 1.82) is 0 Å². The standard InChI is InChI=1S/C12H19N3O3/c1-17-10-11(16)14-7-15-12(10)18-6-9-4-2-3-8(9)5-13/h7-9H,2-6,13H2,1H3,(H,14,15,16). The SMILES string of the molecule is COc1c(OCC2CCCC2CN)nc[nH]c1=O. The summed E-state index contributed by atoms with van der Waals surface area (Å²) in [4.78, 5) is 17.9. The van der Waals surface area contributed by atoms with E-state index in [0.29, 0.717) is 25.0 Å². The second-order valence-corrected chi connectivity index (χ2v) is 4.57. The van der Waals surface area contributed by atoms with Gasteiger partial charge in [-0.2, -0.15) is 0 Å². The molecule has 1 aliphatic rings. The Bertz CT molecular complexity index is 446. The van der Waals surface area contributed by atoms with Gasteiger partial charge in [0.15, 0.2) is 0 Å². The number of hydrogen-bond acceptors (Lipinski definition) is 5. The van der Waals surface area contributed by atoms with Crippen molar-refractivity contribution in [2.45, 2.75) is 19.3 Å². The van der Waals surface area contributed by atoms with Crippen LogP contribution in [0.3, 0.4) is 0 Å². The first-order valence-corrected chi connectivity index (χ1v) is 6.20. The zero-order valence-electron chi connectivity index (χ0n) is 10.5. The lowest BCUT2D eigenvalue weighted by atomic mass is 9.97. The highest BCUT2D eigenvalue weighted by atomic mass is 16.5. The average molecular weight is 253 g/mol. The summed E-state index contributed by atoms with van der Waals surface area (Å²) >= 11 is 0. The molecule has 3 N–H and O–H groups in total. The number of hydrogen-bond donors (Lipinski definition) is 2. The van der Waals surface area contributed by atoms with Crippen LogP contribution in [0.15, 0.2) is 11.1 Å². The Morgan fingerprint density at radius 1 is 1.50 bits per heavy atom. The normalized spacial score (nSPS) is 23.0. The van der Waals surface area contributed by atoms with E-state index in [4.69, 9.17) is 15.2 Å². The lowest BCUT2D eigenvalue weighted by molar-refractivity contribution is 0.201. The fourth-order valence-corrected chi connectivity index (χ4v) is 2.48. The topological polar surface area (TPSA) is 90.2 Å². The minimum Gasteiger partial charge on any atom is -0.487 e. The van der Waals surface area contributed by atoms with Crippen molar-refractivity contribution >= 4 is 0 Å². The Hall–Kier alpha value is -1.56. The van der Waals surface area contributed by atoms with Gasteiger partial charge in [-0.05, 0) is 31.2 Å². The molecule has 0 amide bonds. The molecule has 0 bridgehead atoms. The molecule has 0 aromatic carbocycles. The first-order chi connectivity index (χ1) is 8.76. The quantitative estimate of drug-likeness (QED) is 0.799. The molecule has 0 saturated heterocycles. The number of rotatable bonds is 5. The van der Waals surface area contributed by atoms with Gasteiger partial charge in [-0.1, -0.05) is 6.42 Å². The van der Waals surface area contributed by atoms with Gasteiger partial charge in [-0.25, -0.2) is 4.98 Å². The molecular weight excluding hydrogens is 234 g/mol. The number of methoxy groups -OCH3 is 1. The zero-order chi connectivity index (χ0) is 13.0. The summed E-state index contributed by atoms with van der Waals surface area (Å²) in [5.41, 5.74) is 5.39. The Kier molecular flexibility index (Phi) is 4.19. The van der Waals surface area contributed by atoms with E-state index in [-0.39, 0.29) is 17.2 Å². The van der Waals surface area contributed by atoms with E-state index in [0.717, 1.165) is 12.8 Å². The van der Waals surface area contributed by atoms with Crippen molar-refractivity contribution in [2.75, 3.05) is 20.3 Å². The fourth-order valence-electron chi connectivity index (χ4n) is 2.48. The van der Waals surface area contributed by atoms with Gasteiger partial charge in [-0.3, -0.25) is 4.79 Å². The number of nitrogens with two attached hydrogens (primary N) is 1. The molecule has 1 aliphatic carbocycles. The number of aromatic nitrogens is 2. The van der Waals surface area contributed by atoms with E-state index in [2.05, 4.69) is 9.97 Å². The van der Waals surface area contributed by atoms with Crippen molar-refractivity contribution in [2.24, 2.45) is 17.6 Å².